The molecule has 8 heteroatoms. The van der Waals surface area contributed by atoms with E-state index in [9.17, 15) is 0 Å². The molecule has 1 unspecified atom stereocenters. The van der Waals surface area contributed by atoms with Crippen LogP contribution in [0.5, 0.6) is 0 Å². The Labute approximate surface area is 157 Å². The van der Waals surface area contributed by atoms with Crippen molar-refractivity contribution >= 4 is 47.3 Å². The Kier molecular flexibility index (Phi) is 6.51. The fourth-order valence-corrected chi connectivity index (χ4v) is 3.89. The summed E-state index contributed by atoms with van der Waals surface area (Å²) in [6.07, 6.45) is 4.54. The number of nitrogens with one attached hydrogen (secondary N) is 2. The molecule has 0 aliphatic carbocycles. The quantitative estimate of drug-likeness (QED) is 0.429. The van der Waals surface area contributed by atoms with Gasteiger partial charge < -0.3 is 10.6 Å². The van der Waals surface area contributed by atoms with Gasteiger partial charge in [-0.25, -0.2) is 0 Å². The van der Waals surface area contributed by atoms with Gasteiger partial charge in [0.25, 0.3) is 0 Å². The molecule has 0 amide bonds. The first-order chi connectivity index (χ1) is 10.7. The van der Waals surface area contributed by atoms with Gasteiger partial charge in [0.2, 0.25) is 0 Å². The third-order valence-electron chi connectivity index (χ3n) is 3.95. The molecule has 0 bridgehead atoms. The standard InChI is InChI=1S/C15H22N6S.HI/c1-15(7-5-9-22-15)11-18-14(16-2)17-10-13-20-19-12-6-3-4-8-21(12)13;/h3-4,6,8H,5,7,9-11H2,1-2H3,(H2,16,17,18);1H. The summed E-state index contributed by atoms with van der Waals surface area (Å²) in [6.45, 7) is 3.84. The number of hydrogen-bond donors (Lipinski definition) is 2. The number of thioether (sulfide) groups is 1. The third-order valence-corrected chi connectivity index (χ3v) is 5.49. The summed E-state index contributed by atoms with van der Waals surface area (Å²) in [5.41, 5.74) is 0.858. The molecule has 3 heterocycles. The highest BCUT2D eigenvalue weighted by Gasteiger charge is 2.29. The molecule has 0 spiro atoms. The Morgan fingerprint density at radius 1 is 1.39 bits per heavy atom. The molecule has 3 rings (SSSR count). The van der Waals surface area contributed by atoms with E-state index in [1.165, 1.54) is 18.6 Å². The van der Waals surface area contributed by atoms with Crippen molar-refractivity contribution in [1.82, 2.24) is 25.2 Å². The molecule has 1 aliphatic heterocycles. The zero-order valence-electron chi connectivity index (χ0n) is 13.5. The Balaban J connectivity index is 0.00000192. The van der Waals surface area contributed by atoms with Crippen LogP contribution in [0.3, 0.4) is 0 Å². The van der Waals surface area contributed by atoms with Crippen LogP contribution < -0.4 is 10.6 Å². The first-order valence-electron chi connectivity index (χ1n) is 7.57. The minimum atomic E-state index is 0. The van der Waals surface area contributed by atoms with Gasteiger partial charge in [-0.3, -0.25) is 9.39 Å². The van der Waals surface area contributed by atoms with Gasteiger partial charge in [0.05, 0.1) is 6.54 Å². The van der Waals surface area contributed by atoms with Crippen molar-refractivity contribution in [2.75, 3.05) is 19.3 Å². The average Bonchev–Trinajstić information content (AvgIpc) is 3.15. The average molecular weight is 446 g/mol. The number of rotatable bonds is 4. The van der Waals surface area contributed by atoms with E-state index in [4.69, 9.17) is 0 Å². The molecule has 1 fully saturated rings. The van der Waals surface area contributed by atoms with Crippen molar-refractivity contribution in [1.29, 1.82) is 0 Å². The molecular weight excluding hydrogens is 423 g/mol. The highest BCUT2D eigenvalue weighted by Crippen LogP contribution is 2.36. The van der Waals surface area contributed by atoms with Crippen LogP contribution in [0.1, 0.15) is 25.6 Å². The summed E-state index contributed by atoms with van der Waals surface area (Å²) in [7, 11) is 1.79. The molecule has 1 atom stereocenters. The van der Waals surface area contributed by atoms with Crippen molar-refractivity contribution in [3.8, 4) is 0 Å². The number of halogens is 1. The number of aliphatic imine (C=N–C) groups is 1. The SMILES string of the molecule is CN=C(NCc1nnc2ccccn12)NCC1(C)CCCS1.I. The zero-order valence-corrected chi connectivity index (χ0v) is 16.6. The molecule has 0 radical (unpaired) electrons. The number of guanidine groups is 1. The van der Waals surface area contributed by atoms with E-state index >= 15 is 0 Å². The van der Waals surface area contributed by atoms with Crippen LogP contribution in [0, 0.1) is 0 Å². The summed E-state index contributed by atoms with van der Waals surface area (Å²) in [6, 6.07) is 5.88. The lowest BCUT2D eigenvalue weighted by Gasteiger charge is -2.24. The lowest BCUT2D eigenvalue weighted by molar-refractivity contribution is 0.583. The van der Waals surface area contributed by atoms with Crippen LogP contribution in [-0.4, -0.2) is 44.6 Å². The number of hydrogen-bond acceptors (Lipinski definition) is 4. The van der Waals surface area contributed by atoms with Gasteiger partial charge in [-0.05, 0) is 37.7 Å². The number of aromatic nitrogens is 3. The predicted molar refractivity (Wildman–Crippen MR) is 107 cm³/mol. The van der Waals surface area contributed by atoms with Gasteiger partial charge in [-0.1, -0.05) is 6.07 Å². The molecule has 2 aromatic heterocycles. The van der Waals surface area contributed by atoms with Gasteiger partial charge in [0.1, 0.15) is 0 Å². The van der Waals surface area contributed by atoms with Gasteiger partial charge in [-0.15, -0.1) is 34.2 Å². The Bertz CT molecular complexity index is 665. The van der Waals surface area contributed by atoms with Gasteiger partial charge in [-0.2, -0.15) is 11.8 Å². The highest BCUT2D eigenvalue weighted by atomic mass is 127. The van der Waals surface area contributed by atoms with Crippen molar-refractivity contribution < 1.29 is 0 Å². The van der Waals surface area contributed by atoms with Crippen molar-refractivity contribution in [3.63, 3.8) is 0 Å². The van der Waals surface area contributed by atoms with E-state index in [1.807, 2.05) is 40.6 Å². The second-order valence-corrected chi connectivity index (χ2v) is 7.41. The molecule has 2 aromatic rings. The molecule has 1 saturated heterocycles. The van der Waals surface area contributed by atoms with Gasteiger partial charge in [0.15, 0.2) is 17.4 Å². The zero-order chi connectivity index (χ0) is 15.4. The Morgan fingerprint density at radius 2 is 2.26 bits per heavy atom. The van der Waals surface area contributed by atoms with E-state index < -0.39 is 0 Å². The monoisotopic (exact) mass is 446 g/mol. The maximum atomic E-state index is 4.29. The number of pyridine rings is 1. The van der Waals surface area contributed by atoms with Crippen molar-refractivity contribution in [3.05, 3.63) is 30.2 Å². The van der Waals surface area contributed by atoms with Crippen molar-refractivity contribution in [2.45, 2.75) is 31.1 Å². The smallest absolute Gasteiger partial charge is 0.191 e. The maximum Gasteiger partial charge on any atom is 0.191 e. The Hall–Kier alpha value is -1.03. The number of nitrogens with zero attached hydrogens (tertiary/aromatic N) is 4. The molecule has 1 aliphatic rings. The molecule has 126 valence electrons. The van der Waals surface area contributed by atoms with Gasteiger partial charge in [0, 0.05) is 24.5 Å². The van der Waals surface area contributed by atoms with E-state index in [-0.39, 0.29) is 24.0 Å². The van der Waals surface area contributed by atoms with E-state index in [0.717, 1.165) is 24.0 Å². The lowest BCUT2D eigenvalue weighted by atomic mass is 10.1. The second-order valence-electron chi connectivity index (χ2n) is 5.73. The summed E-state index contributed by atoms with van der Waals surface area (Å²) in [5.74, 6) is 2.94. The number of fused-ring (bicyclic) bond motifs is 1. The second kappa shape index (κ2) is 8.18. The normalized spacial score (nSPS) is 21.2. The topological polar surface area (TPSA) is 66.6 Å². The van der Waals surface area contributed by atoms with E-state index in [2.05, 4.69) is 32.7 Å². The summed E-state index contributed by atoms with van der Waals surface area (Å²) < 4.78 is 2.30. The van der Waals surface area contributed by atoms with Gasteiger partial charge >= 0.3 is 0 Å². The van der Waals surface area contributed by atoms with Crippen LogP contribution in [0.4, 0.5) is 0 Å². The van der Waals surface area contributed by atoms with Crippen LogP contribution in [0.25, 0.3) is 5.65 Å². The fraction of sp³-hybridized carbons (Fsp3) is 0.533. The Morgan fingerprint density at radius 3 is 3.00 bits per heavy atom. The van der Waals surface area contributed by atoms with Crippen LogP contribution >= 0.6 is 35.7 Å². The highest BCUT2D eigenvalue weighted by molar-refractivity contribution is 14.0. The lowest BCUT2D eigenvalue weighted by Crippen LogP contribution is -2.43. The molecule has 2 N–H and O–H groups in total. The largest absolute Gasteiger partial charge is 0.355 e. The minimum Gasteiger partial charge on any atom is -0.355 e. The summed E-state index contributed by atoms with van der Waals surface area (Å²) in [4.78, 5) is 4.29. The van der Waals surface area contributed by atoms with Crippen LogP contribution in [0.2, 0.25) is 0 Å². The van der Waals surface area contributed by atoms with Crippen LogP contribution in [0.15, 0.2) is 29.4 Å². The third kappa shape index (κ3) is 4.50. The minimum absolute atomic E-state index is 0. The maximum absolute atomic E-state index is 4.29. The van der Waals surface area contributed by atoms with Crippen LogP contribution in [-0.2, 0) is 6.54 Å². The molecule has 0 saturated carbocycles. The molecule has 0 aromatic carbocycles. The molecule has 6 nitrogen and oxygen atoms in total. The molecule has 23 heavy (non-hydrogen) atoms. The molecular formula is C15H23IN6S. The predicted octanol–water partition coefficient (Wildman–Crippen LogP) is 2.30. The van der Waals surface area contributed by atoms with E-state index in [1.54, 1.807) is 7.05 Å². The van der Waals surface area contributed by atoms with Crippen molar-refractivity contribution in [2.24, 2.45) is 4.99 Å². The first kappa shape index (κ1) is 18.3. The van der Waals surface area contributed by atoms with E-state index in [0.29, 0.717) is 11.3 Å². The summed E-state index contributed by atoms with van der Waals surface area (Å²) >= 11 is 2.04. The first-order valence-corrected chi connectivity index (χ1v) is 8.56. The summed E-state index contributed by atoms with van der Waals surface area (Å²) in [5, 5.41) is 15.1. The fourth-order valence-electron chi connectivity index (χ4n) is 2.64.